The van der Waals surface area contributed by atoms with E-state index in [0.29, 0.717) is 11.1 Å². The lowest BCUT2D eigenvalue weighted by Crippen LogP contribution is -2.06. The van der Waals surface area contributed by atoms with Crippen molar-refractivity contribution in [2.45, 2.75) is 19.9 Å². The normalized spacial score (nSPS) is 12.5. The Labute approximate surface area is 81.3 Å². The van der Waals surface area contributed by atoms with E-state index in [1.54, 1.807) is 13.8 Å². The monoisotopic (exact) mass is 196 g/mol. The molecule has 0 bridgehead atoms. The molecule has 0 aliphatic carbocycles. The molecule has 0 saturated carbocycles. The lowest BCUT2D eigenvalue weighted by molar-refractivity contribution is -0.385. The van der Waals surface area contributed by atoms with Crippen molar-refractivity contribution >= 4 is 5.69 Å². The van der Waals surface area contributed by atoms with E-state index in [1.807, 2.05) is 0 Å². The van der Waals surface area contributed by atoms with Gasteiger partial charge >= 0.3 is 0 Å². The molecule has 0 aliphatic rings. The first kappa shape index (κ1) is 10.5. The fraction of sp³-hybridized carbons (Fsp3) is 0.333. The summed E-state index contributed by atoms with van der Waals surface area (Å²) in [5.41, 5.74) is 6.39. The van der Waals surface area contributed by atoms with Gasteiger partial charge in [0.1, 0.15) is 5.75 Å². The average molecular weight is 196 g/mol. The van der Waals surface area contributed by atoms with Crippen LogP contribution in [0.3, 0.4) is 0 Å². The minimum Gasteiger partial charge on any atom is -0.507 e. The van der Waals surface area contributed by atoms with E-state index in [1.165, 1.54) is 12.1 Å². The van der Waals surface area contributed by atoms with E-state index < -0.39 is 11.0 Å². The molecule has 0 fully saturated rings. The van der Waals surface area contributed by atoms with E-state index in [2.05, 4.69) is 0 Å². The van der Waals surface area contributed by atoms with Crippen LogP contribution in [0.1, 0.15) is 24.1 Å². The second kappa shape index (κ2) is 3.63. The Morgan fingerprint density at radius 1 is 1.57 bits per heavy atom. The van der Waals surface area contributed by atoms with Gasteiger partial charge in [-0.3, -0.25) is 10.1 Å². The quantitative estimate of drug-likeness (QED) is 0.555. The third kappa shape index (κ3) is 1.82. The number of rotatable bonds is 2. The first-order chi connectivity index (χ1) is 6.43. The van der Waals surface area contributed by atoms with Crippen LogP contribution in [-0.4, -0.2) is 10.0 Å². The van der Waals surface area contributed by atoms with Gasteiger partial charge in [-0.1, -0.05) is 0 Å². The summed E-state index contributed by atoms with van der Waals surface area (Å²) in [7, 11) is 0. The van der Waals surface area contributed by atoms with Gasteiger partial charge in [0.25, 0.3) is 5.69 Å². The van der Waals surface area contributed by atoms with Gasteiger partial charge in [-0.25, -0.2) is 0 Å². The molecule has 14 heavy (non-hydrogen) atoms. The molecule has 5 nitrogen and oxygen atoms in total. The largest absolute Gasteiger partial charge is 0.507 e. The van der Waals surface area contributed by atoms with Crippen LogP contribution >= 0.6 is 0 Å². The topological polar surface area (TPSA) is 89.4 Å². The number of nitrogens with two attached hydrogens (primary N) is 1. The van der Waals surface area contributed by atoms with Crippen molar-refractivity contribution < 1.29 is 10.0 Å². The van der Waals surface area contributed by atoms with Crippen LogP contribution in [0.2, 0.25) is 0 Å². The molecule has 0 heterocycles. The Morgan fingerprint density at radius 2 is 2.14 bits per heavy atom. The molecule has 0 radical (unpaired) electrons. The molecule has 0 amide bonds. The highest BCUT2D eigenvalue weighted by Gasteiger charge is 2.15. The van der Waals surface area contributed by atoms with Crippen LogP contribution in [-0.2, 0) is 0 Å². The molecule has 0 aliphatic heterocycles. The summed E-state index contributed by atoms with van der Waals surface area (Å²) in [5.74, 6) is 0.0330. The van der Waals surface area contributed by atoms with E-state index >= 15 is 0 Å². The van der Waals surface area contributed by atoms with Gasteiger partial charge in [-0.2, -0.15) is 0 Å². The number of hydrogen-bond acceptors (Lipinski definition) is 4. The predicted octanol–water partition coefficient (Wildman–Crippen LogP) is 1.63. The van der Waals surface area contributed by atoms with E-state index in [4.69, 9.17) is 5.73 Å². The van der Waals surface area contributed by atoms with Crippen LogP contribution in [0.15, 0.2) is 12.1 Å². The fourth-order valence-corrected chi connectivity index (χ4v) is 1.24. The van der Waals surface area contributed by atoms with Crippen LogP contribution in [0.4, 0.5) is 5.69 Å². The maximum absolute atomic E-state index is 10.5. The fourth-order valence-electron chi connectivity index (χ4n) is 1.24. The van der Waals surface area contributed by atoms with Crippen molar-refractivity contribution in [2.24, 2.45) is 5.73 Å². The SMILES string of the molecule is Cc1cc([N+](=O)[O-])cc([C@@H](C)N)c1O. The second-order valence-corrected chi connectivity index (χ2v) is 3.25. The summed E-state index contributed by atoms with van der Waals surface area (Å²) in [4.78, 5) is 10.0. The van der Waals surface area contributed by atoms with Gasteiger partial charge in [0, 0.05) is 23.7 Å². The van der Waals surface area contributed by atoms with Gasteiger partial charge in [-0.05, 0) is 19.4 Å². The Bertz CT molecular complexity index is 375. The summed E-state index contributed by atoms with van der Waals surface area (Å²) in [6, 6.07) is 2.20. The summed E-state index contributed by atoms with van der Waals surface area (Å²) in [6.07, 6.45) is 0. The number of nitro groups is 1. The molecular formula is C9H12N2O3. The zero-order chi connectivity index (χ0) is 10.9. The van der Waals surface area contributed by atoms with E-state index in [0.717, 1.165) is 0 Å². The zero-order valence-electron chi connectivity index (χ0n) is 8.02. The second-order valence-electron chi connectivity index (χ2n) is 3.25. The summed E-state index contributed by atoms with van der Waals surface area (Å²) < 4.78 is 0. The molecule has 1 aromatic carbocycles. The Kier molecular flexibility index (Phi) is 2.71. The molecule has 3 N–H and O–H groups in total. The van der Waals surface area contributed by atoms with Crippen LogP contribution in [0.5, 0.6) is 5.75 Å². The molecule has 0 spiro atoms. The number of hydrogen-bond donors (Lipinski definition) is 2. The molecule has 1 aromatic rings. The molecular weight excluding hydrogens is 184 g/mol. The average Bonchev–Trinajstić information content (AvgIpc) is 2.08. The maximum Gasteiger partial charge on any atom is 0.270 e. The highest BCUT2D eigenvalue weighted by molar-refractivity contribution is 5.49. The Morgan fingerprint density at radius 3 is 2.57 bits per heavy atom. The van der Waals surface area contributed by atoms with E-state index in [-0.39, 0.29) is 11.4 Å². The number of benzene rings is 1. The third-order valence-electron chi connectivity index (χ3n) is 2.02. The minimum absolute atomic E-state index is 0.0330. The number of aromatic hydroxyl groups is 1. The van der Waals surface area contributed by atoms with Crippen LogP contribution in [0.25, 0.3) is 0 Å². The molecule has 0 saturated heterocycles. The molecule has 0 aromatic heterocycles. The van der Waals surface area contributed by atoms with Crippen molar-refractivity contribution in [1.29, 1.82) is 0 Å². The number of nitrogens with zero attached hydrogens (tertiary/aromatic N) is 1. The number of aryl methyl sites for hydroxylation is 1. The maximum atomic E-state index is 10.5. The number of non-ortho nitro benzene ring substituents is 1. The van der Waals surface area contributed by atoms with Gasteiger partial charge in [-0.15, -0.1) is 0 Å². The third-order valence-corrected chi connectivity index (χ3v) is 2.02. The molecule has 5 heteroatoms. The summed E-state index contributed by atoms with van der Waals surface area (Å²) in [5, 5.41) is 20.1. The van der Waals surface area contributed by atoms with Gasteiger partial charge in [0.2, 0.25) is 0 Å². The number of nitro benzene ring substituents is 1. The standard InChI is InChI=1S/C9H12N2O3/c1-5-3-7(11(13)14)4-8(6(2)10)9(5)12/h3-4,6,12H,10H2,1-2H3/t6-/m1/s1. The molecule has 1 atom stereocenters. The molecule has 1 rings (SSSR count). The highest BCUT2D eigenvalue weighted by atomic mass is 16.6. The van der Waals surface area contributed by atoms with Crippen molar-refractivity contribution in [2.75, 3.05) is 0 Å². The van der Waals surface area contributed by atoms with Gasteiger partial charge < -0.3 is 10.8 Å². The number of phenols is 1. The van der Waals surface area contributed by atoms with E-state index in [9.17, 15) is 15.2 Å². The predicted molar refractivity (Wildman–Crippen MR) is 52.1 cm³/mol. The minimum atomic E-state index is -0.502. The van der Waals surface area contributed by atoms with Gasteiger partial charge in [0.05, 0.1) is 4.92 Å². The first-order valence-corrected chi connectivity index (χ1v) is 4.17. The van der Waals surface area contributed by atoms with Crippen molar-refractivity contribution in [3.63, 3.8) is 0 Å². The van der Waals surface area contributed by atoms with Crippen LogP contribution < -0.4 is 5.73 Å². The lowest BCUT2D eigenvalue weighted by atomic mass is 10.0. The molecule has 0 unspecified atom stereocenters. The highest BCUT2D eigenvalue weighted by Crippen LogP contribution is 2.30. The number of phenolic OH excluding ortho intramolecular Hbond substituents is 1. The van der Waals surface area contributed by atoms with Crippen molar-refractivity contribution in [3.05, 3.63) is 33.4 Å². The zero-order valence-corrected chi connectivity index (χ0v) is 8.02. The Hall–Kier alpha value is -1.62. The Balaban J connectivity index is 3.35. The van der Waals surface area contributed by atoms with Crippen LogP contribution in [0, 0.1) is 17.0 Å². The van der Waals surface area contributed by atoms with Crippen molar-refractivity contribution in [1.82, 2.24) is 0 Å². The smallest absolute Gasteiger partial charge is 0.270 e. The summed E-state index contributed by atoms with van der Waals surface area (Å²) >= 11 is 0. The molecule has 76 valence electrons. The summed E-state index contributed by atoms with van der Waals surface area (Å²) in [6.45, 7) is 3.27. The van der Waals surface area contributed by atoms with Gasteiger partial charge in [0.15, 0.2) is 0 Å². The lowest BCUT2D eigenvalue weighted by Gasteiger charge is -2.09. The first-order valence-electron chi connectivity index (χ1n) is 4.17. The van der Waals surface area contributed by atoms with Crippen molar-refractivity contribution in [3.8, 4) is 5.75 Å².